The Morgan fingerprint density at radius 1 is 1.05 bits per heavy atom. The fourth-order valence-electron chi connectivity index (χ4n) is 4.42. The number of hydrogen-bond acceptors (Lipinski definition) is 5. The molecule has 0 spiro atoms. The molecule has 5 rings (SSSR count). The maximum absolute atomic E-state index is 13.0. The quantitative estimate of drug-likeness (QED) is 0.256. The highest BCUT2D eigenvalue weighted by Crippen LogP contribution is 2.33. The first-order chi connectivity index (χ1) is 17.9. The van der Waals surface area contributed by atoms with Gasteiger partial charge in [-0.1, -0.05) is 60.2 Å². The molecule has 0 bridgehead atoms. The van der Waals surface area contributed by atoms with E-state index in [0.29, 0.717) is 24.6 Å². The zero-order valence-electron chi connectivity index (χ0n) is 20.3. The lowest BCUT2D eigenvalue weighted by Gasteiger charge is -2.29. The van der Waals surface area contributed by atoms with Crippen molar-refractivity contribution in [1.29, 1.82) is 0 Å². The molecule has 2 heterocycles. The molecule has 0 atom stereocenters. The van der Waals surface area contributed by atoms with E-state index in [0.717, 1.165) is 49.1 Å². The standard InChI is InChI=1S/C29H25IN2O4S/c1-19-5-4-6-21(13-19)18-36-25-10-9-20(14-24(25)30)15-26-28(34)32(29(35)37-26)17-27(33)31-12-11-22-7-2-3-8-23(22)16-31/h2-10,13-15H,11-12,16-18H2,1H3/b26-15-. The highest BCUT2D eigenvalue weighted by Gasteiger charge is 2.37. The van der Waals surface area contributed by atoms with Gasteiger partial charge in [-0.25, -0.2) is 0 Å². The van der Waals surface area contributed by atoms with Crippen LogP contribution in [0.1, 0.15) is 27.8 Å². The summed E-state index contributed by atoms with van der Waals surface area (Å²) in [5, 5.41) is -0.421. The number of aryl methyl sites for hydroxylation is 1. The van der Waals surface area contributed by atoms with Crippen LogP contribution in [0.4, 0.5) is 4.79 Å². The van der Waals surface area contributed by atoms with Crippen LogP contribution < -0.4 is 4.74 Å². The number of hydrogen-bond donors (Lipinski definition) is 0. The molecule has 3 amide bonds. The van der Waals surface area contributed by atoms with Gasteiger partial charge in [0.25, 0.3) is 11.1 Å². The molecular weight excluding hydrogens is 599 g/mol. The molecule has 0 unspecified atom stereocenters. The summed E-state index contributed by atoms with van der Waals surface area (Å²) < 4.78 is 6.88. The molecule has 0 N–H and O–H groups in total. The minimum atomic E-state index is -0.435. The smallest absolute Gasteiger partial charge is 0.294 e. The van der Waals surface area contributed by atoms with Crippen molar-refractivity contribution in [2.24, 2.45) is 0 Å². The largest absolute Gasteiger partial charge is 0.488 e. The fourth-order valence-corrected chi connectivity index (χ4v) is 5.95. The second kappa shape index (κ2) is 11.1. The molecule has 188 valence electrons. The first kappa shape index (κ1) is 25.5. The van der Waals surface area contributed by atoms with E-state index in [1.165, 1.54) is 11.1 Å². The van der Waals surface area contributed by atoms with Gasteiger partial charge >= 0.3 is 0 Å². The van der Waals surface area contributed by atoms with Gasteiger partial charge in [-0.15, -0.1) is 0 Å². The van der Waals surface area contributed by atoms with Gasteiger partial charge in [0.2, 0.25) is 5.91 Å². The molecule has 8 heteroatoms. The number of ether oxygens (including phenoxy) is 1. The molecule has 0 radical (unpaired) electrons. The molecule has 0 saturated carbocycles. The van der Waals surface area contributed by atoms with Gasteiger partial charge in [0.1, 0.15) is 18.9 Å². The number of fused-ring (bicyclic) bond motifs is 1. The van der Waals surface area contributed by atoms with E-state index < -0.39 is 11.1 Å². The number of rotatable bonds is 6. The second-order valence-electron chi connectivity index (χ2n) is 9.07. The van der Waals surface area contributed by atoms with Crippen LogP contribution in [0.3, 0.4) is 0 Å². The monoisotopic (exact) mass is 624 g/mol. The third-order valence-corrected chi connectivity index (χ3v) is 8.13. The number of benzene rings is 3. The van der Waals surface area contributed by atoms with Crippen LogP contribution in [0.2, 0.25) is 0 Å². The van der Waals surface area contributed by atoms with Crippen molar-refractivity contribution in [2.45, 2.75) is 26.5 Å². The van der Waals surface area contributed by atoms with Gasteiger partial charge in [0.05, 0.1) is 8.48 Å². The molecule has 6 nitrogen and oxygen atoms in total. The Bertz CT molecular complexity index is 1420. The number of imide groups is 1. The molecule has 0 aromatic heterocycles. The summed E-state index contributed by atoms with van der Waals surface area (Å²) in [6, 6.07) is 21.8. The average Bonchev–Trinajstić information content (AvgIpc) is 3.15. The Kier molecular flexibility index (Phi) is 7.66. The van der Waals surface area contributed by atoms with Crippen molar-refractivity contribution in [3.05, 3.63) is 103 Å². The van der Waals surface area contributed by atoms with Crippen LogP contribution in [0.25, 0.3) is 6.08 Å². The van der Waals surface area contributed by atoms with Crippen molar-refractivity contribution in [1.82, 2.24) is 9.80 Å². The summed E-state index contributed by atoms with van der Waals surface area (Å²) in [6.07, 6.45) is 2.46. The van der Waals surface area contributed by atoms with E-state index in [1.807, 2.05) is 61.5 Å². The van der Waals surface area contributed by atoms with E-state index in [1.54, 1.807) is 11.0 Å². The first-order valence-electron chi connectivity index (χ1n) is 12.0. The predicted octanol–water partition coefficient (Wildman–Crippen LogP) is 5.80. The van der Waals surface area contributed by atoms with Gasteiger partial charge in [-0.2, -0.15) is 0 Å². The highest BCUT2D eigenvalue weighted by molar-refractivity contribution is 14.1. The Balaban J connectivity index is 1.22. The average molecular weight is 625 g/mol. The molecule has 2 aliphatic rings. The Morgan fingerprint density at radius 2 is 1.86 bits per heavy atom. The number of carbonyl (C=O) groups is 3. The molecule has 3 aromatic carbocycles. The van der Waals surface area contributed by atoms with E-state index in [4.69, 9.17) is 4.74 Å². The second-order valence-corrected chi connectivity index (χ2v) is 11.2. The van der Waals surface area contributed by atoms with Crippen molar-refractivity contribution in [2.75, 3.05) is 13.1 Å². The summed E-state index contributed by atoms with van der Waals surface area (Å²) in [7, 11) is 0. The zero-order chi connectivity index (χ0) is 25.9. The van der Waals surface area contributed by atoms with E-state index >= 15 is 0 Å². The summed E-state index contributed by atoms with van der Waals surface area (Å²) in [4.78, 5) is 41.6. The van der Waals surface area contributed by atoms with E-state index in [2.05, 4.69) is 34.7 Å². The van der Waals surface area contributed by atoms with Gasteiger partial charge < -0.3 is 9.64 Å². The normalized spacial score (nSPS) is 16.3. The lowest BCUT2D eigenvalue weighted by Crippen LogP contribution is -2.44. The van der Waals surface area contributed by atoms with E-state index in [-0.39, 0.29) is 12.5 Å². The van der Waals surface area contributed by atoms with Crippen molar-refractivity contribution >= 4 is 57.5 Å². The van der Waals surface area contributed by atoms with Crippen molar-refractivity contribution in [3.63, 3.8) is 0 Å². The topological polar surface area (TPSA) is 66.9 Å². The van der Waals surface area contributed by atoms with Crippen LogP contribution in [0.15, 0.2) is 71.6 Å². The summed E-state index contributed by atoms with van der Waals surface area (Å²) in [6.45, 7) is 3.35. The SMILES string of the molecule is Cc1cccc(COc2ccc(/C=C3\SC(=O)N(CC(=O)N4CCc5ccccc5C4)C3=O)cc2I)c1. The van der Waals surface area contributed by atoms with Crippen LogP contribution >= 0.6 is 34.4 Å². The highest BCUT2D eigenvalue weighted by atomic mass is 127. The van der Waals surface area contributed by atoms with Gasteiger partial charge in [0, 0.05) is 13.1 Å². The number of carbonyl (C=O) groups excluding carboxylic acids is 3. The van der Waals surface area contributed by atoms with Gasteiger partial charge in [-0.05, 0) is 88.2 Å². The van der Waals surface area contributed by atoms with Crippen LogP contribution in [0, 0.1) is 10.5 Å². The van der Waals surface area contributed by atoms with Gasteiger partial charge in [0.15, 0.2) is 0 Å². The summed E-state index contributed by atoms with van der Waals surface area (Å²) >= 11 is 3.07. The van der Waals surface area contributed by atoms with Crippen molar-refractivity contribution < 1.29 is 19.1 Å². The Morgan fingerprint density at radius 3 is 2.65 bits per heavy atom. The Hall–Kier alpha value is -3.11. The molecule has 3 aromatic rings. The number of halogens is 1. The molecule has 37 heavy (non-hydrogen) atoms. The number of thioether (sulfide) groups is 1. The lowest BCUT2D eigenvalue weighted by molar-refractivity contribution is -0.136. The molecular formula is C29H25IN2O4S. The molecule has 1 fully saturated rings. The maximum Gasteiger partial charge on any atom is 0.294 e. The molecule has 0 aliphatic carbocycles. The summed E-state index contributed by atoms with van der Waals surface area (Å²) in [5.41, 5.74) is 5.41. The minimum Gasteiger partial charge on any atom is -0.488 e. The number of amides is 3. The first-order valence-corrected chi connectivity index (χ1v) is 13.8. The number of nitrogens with zero attached hydrogens (tertiary/aromatic N) is 2. The third kappa shape index (κ3) is 5.91. The van der Waals surface area contributed by atoms with E-state index in [9.17, 15) is 14.4 Å². The lowest BCUT2D eigenvalue weighted by atomic mass is 10.00. The maximum atomic E-state index is 13.0. The minimum absolute atomic E-state index is 0.220. The van der Waals surface area contributed by atoms with Gasteiger partial charge in [-0.3, -0.25) is 19.3 Å². The summed E-state index contributed by atoms with van der Waals surface area (Å²) in [5.74, 6) is 0.0966. The molecule has 1 saturated heterocycles. The third-order valence-electron chi connectivity index (χ3n) is 6.38. The van der Waals surface area contributed by atoms with Crippen LogP contribution in [-0.2, 0) is 29.2 Å². The van der Waals surface area contributed by atoms with Crippen molar-refractivity contribution in [3.8, 4) is 5.75 Å². The van der Waals surface area contributed by atoms with Crippen LogP contribution in [0.5, 0.6) is 5.75 Å². The fraction of sp³-hybridized carbons (Fsp3) is 0.207. The Labute approximate surface area is 233 Å². The van der Waals surface area contributed by atoms with Crippen LogP contribution in [-0.4, -0.2) is 39.9 Å². The predicted molar refractivity (Wildman–Crippen MR) is 153 cm³/mol. The molecule has 2 aliphatic heterocycles. The zero-order valence-corrected chi connectivity index (χ0v) is 23.3.